The summed E-state index contributed by atoms with van der Waals surface area (Å²) in [7, 11) is 1.25. The van der Waals surface area contributed by atoms with Crippen molar-refractivity contribution in [2.24, 2.45) is 0 Å². The van der Waals surface area contributed by atoms with E-state index in [0.717, 1.165) is 18.2 Å². The summed E-state index contributed by atoms with van der Waals surface area (Å²) in [5.41, 5.74) is -1.09. The van der Waals surface area contributed by atoms with E-state index in [1.807, 2.05) is 0 Å². The second kappa shape index (κ2) is 6.57. The molecule has 0 saturated heterocycles. The predicted molar refractivity (Wildman–Crippen MR) is 63.8 cm³/mol. The molecule has 108 valence electrons. The van der Waals surface area contributed by atoms with Crippen molar-refractivity contribution in [2.75, 3.05) is 13.7 Å². The Balaban J connectivity index is 2.95. The normalized spacial score (nSPS) is 11.7. The number of carboxylic acids is 1. The van der Waals surface area contributed by atoms with E-state index in [2.05, 4.69) is 10.1 Å². The lowest BCUT2D eigenvalue weighted by Gasteiger charge is -2.13. The molecule has 9 heteroatoms. The van der Waals surface area contributed by atoms with Gasteiger partial charge in [-0.1, -0.05) is 0 Å². The first-order valence-electron chi connectivity index (χ1n) is 5.33. The van der Waals surface area contributed by atoms with Gasteiger partial charge in [0, 0.05) is 18.7 Å². The van der Waals surface area contributed by atoms with Crippen LogP contribution in [-0.4, -0.2) is 41.7 Å². The summed E-state index contributed by atoms with van der Waals surface area (Å²) in [5.74, 6) is -3.28. The van der Waals surface area contributed by atoms with E-state index in [-0.39, 0.29) is 12.2 Å². The lowest BCUT2D eigenvalue weighted by atomic mass is 10.1. The zero-order valence-electron chi connectivity index (χ0n) is 10.3. The molecule has 1 rings (SSSR count). The summed E-state index contributed by atoms with van der Waals surface area (Å²) < 4.78 is 17.7. The number of hydrogen-bond donors (Lipinski definition) is 2. The van der Waals surface area contributed by atoms with E-state index in [1.165, 1.54) is 7.11 Å². The van der Waals surface area contributed by atoms with E-state index in [4.69, 9.17) is 5.11 Å². The topological polar surface area (TPSA) is 119 Å². The molecule has 0 aliphatic heterocycles. The number of hydrogen-bond acceptors (Lipinski definition) is 5. The fourth-order valence-electron chi connectivity index (χ4n) is 1.38. The van der Waals surface area contributed by atoms with Crippen molar-refractivity contribution in [3.05, 3.63) is 39.7 Å². The fourth-order valence-corrected chi connectivity index (χ4v) is 1.38. The summed E-state index contributed by atoms with van der Waals surface area (Å²) in [6, 6.07) is 1.20. The number of halogens is 1. The highest BCUT2D eigenvalue weighted by molar-refractivity contribution is 5.97. The highest BCUT2D eigenvalue weighted by Gasteiger charge is 2.22. The molecular weight excluding hydrogens is 275 g/mol. The highest BCUT2D eigenvalue weighted by atomic mass is 19.1. The van der Waals surface area contributed by atoms with E-state index in [0.29, 0.717) is 0 Å². The quantitative estimate of drug-likeness (QED) is 0.582. The minimum absolute atomic E-state index is 0.222. The molecule has 0 aliphatic rings. The van der Waals surface area contributed by atoms with E-state index in [9.17, 15) is 24.1 Å². The van der Waals surface area contributed by atoms with Crippen molar-refractivity contribution in [2.45, 2.75) is 6.04 Å². The first-order chi connectivity index (χ1) is 9.36. The lowest BCUT2D eigenvalue weighted by molar-refractivity contribution is -0.387. The highest BCUT2D eigenvalue weighted by Crippen LogP contribution is 2.18. The first kappa shape index (κ1) is 15.5. The SMILES string of the molecule is COCC(NC(=O)c1ccc(F)c([N+](=O)[O-])c1)C(=O)O. The smallest absolute Gasteiger partial charge is 0.328 e. The van der Waals surface area contributed by atoms with Gasteiger partial charge in [-0.3, -0.25) is 14.9 Å². The number of carboxylic acid groups (broad SMARTS) is 1. The summed E-state index contributed by atoms with van der Waals surface area (Å²) in [4.78, 5) is 32.1. The Morgan fingerprint density at radius 1 is 1.55 bits per heavy atom. The fraction of sp³-hybridized carbons (Fsp3) is 0.273. The third-order valence-electron chi connectivity index (χ3n) is 2.34. The van der Waals surface area contributed by atoms with Gasteiger partial charge >= 0.3 is 11.7 Å². The number of nitrogens with one attached hydrogen (secondary N) is 1. The number of carbonyl (C=O) groups is 2. The predicted octanol–water partition coefficient (Wildman–Crippen LogP) is 0.563. The minimum Gasteiger partial charge on any atom is -0.480 e. The van der Waals surface area contributed by atoms with Crippen molar-refractivity contribution in [3.8, 4) is 0 Å². The number of rotatable bonds is 6. The van der Waals surface area contributed by atoms with Gasteiger partial charge in [0.2, 0.25) is 5.82 Å². The van der Waals surface area contributed by atoms with Crippen LogP contribution in [0.15, 0.2) is 18.2 Å². The molecule has 1 atom stereocenters. The van der Waals surface area contributed by atoms with Crippen LogP contribution in [0.25, 0.3) is 0 Å². The Hall–Kier alpha value is -2.55. The molecule has 0 bridgehead atoms. The standard InChI is InChI=1S/C11H11FN2O6/c1-20-5-8(11(16)17)13-10(15)6-2-3-7(12)9(4-6)14(18)19/h2-4,8H,5H2,1H3,(H,13,15)(H,16,17). The molecule has 0 saturated carbocycles. The van der Waals surface area contributed by atoms with Gasteiger partial charge in [0.1, 0.15) is 0 Å². The number of nitrogens with zero attached hydrogens (tertiary/aromatic N) is 1. The number of ether oxygens (including phenoxy) is 1. The van der Waals surface area contributed by atoms with Crippen molar-refractivity contribution in [3.63, 3.8) is 0 Å². The molecule has 0 aromatic heterocycles. The van der Waals surface area contributed by atoms with Gasteiger partial charge in [0.15, 0.2) is 6.04 Å². The molecular formula is C11H11FN2O6. The molecule has 0 fully saturated rings. The molecule has 1 amide bonds. The van der Waals surface area contributed by atoms with Crippen LogP contribution >= 0.6 is 0 Å². The van der Waals surface area contributed by atoms with Crippen molar-refractivity contribution >= 4 is 17.6 Å². The Bertz CT molecular complexity index is 548. The zero-order chi connectivity index (χ0) is 15.3. The maximum absolute atomic E-state index is 13.1. The molecule has 2 N–H and O–H groups in total. The van der Waals surface area contributed by atoms with Crippen molar-refractivity contribution < 1.29 is 28.7 Å². The number of nitro benzene ring substituents is 1. The largest absolute Gasteiger partial charge is 0.480 e. The van der Waals surface area contributed by atoms with Crippen LogP contribution in [0.2, 0.25) is 0 Å². The second-order valence-corrected chi connectivity index (χ2v) is 3.74. The van der Waals surface area contributed by atoms with Crippen LogP contribution in [0.3, 0.4) is 0 Å². The lowest BCUT2D eigenvalue weighted by Crippen LogP contribution is -2.43. The third-order valence-corrected chi connectivity index (χ3v) is 2.34. The van der Waals surface area contributed by atoms with Crippen LogP contribution in [-0.2, 0) is 9.53 Å². The number of amides is 1. The summed E-state index contributed by atoms with van der Waals surface area (Å²) in [6.45, 7) is -0.273. The Morgan fingerprint density at radius 2 is 2.20 bits per heavy atom. The maximum atomic E-state index is 13.1. The first-order valence-corrected chi connectivity index (χ1v) is 5.33. The molecule has 1 aromatic rings. The molecule has 0 aliphatic carbocycles. The third kappa shape index (κ3) is 3.72. The summed E-state index contributed by atoms with van der Waals surface area (Å²) in [6.07, 6.45) is 0. The molecule has 0 spiro atoms. The molecule has 1 unspecified atom stereocenters. The van der Waals surface area contributed by atoms with Crippen LogP contribution in [0.1, 0.15) is 10.4 Å². The second-order valence-electron chi connectivity index (χ2n) is 3.74. The van der Waals surface area contributed by atoms with Gasteiger partial charge in [-0.15, -0.1) is 0 Å². The van der Waals surface area contributed by atoms with E-state index in [1.54, 1.807) is 0 Å². The van der Waals surface area contributed by atoms with Crippen LogP contribution < -0.4 is 5.32 Å². The number of nitro groups is 1. The molecule has 0 radical (unpaired) electrons. The van der Waals surface area contributed by atoms with E-state index >= 15 is 0 Å². The molecule has 8 nitrogen and oxygen atoms in total. The number of methoxy groups -OCH3 is 1. The van der Waals surface area contributed by atoms with Crippen LogP contribution in [0, 0.1) is 15.9 Å². The van der Waals surface area contributed by atoms with Gasteiger partial charge in [-0.25, -0.2) is 4.79 Å². The molecule has 0 heterocycles. The Labute approximate surface area is 112 Å². The average Bonchev–Trinajstić information content (AvgIpc) is 2.38. The van der Waals surface area contributed by atoms with Crippen LogP contribution in [0.4, 0.5) is 10.1 Å². The number of benzene rings is 1. The summed E-state index contributed by atoms with van der Waals surface area (Å²) >= 11 is 0. The van der Waals surface area contributed by atoms with Gasteiger partial charge in [0.25, 0.3) is 5.91 Å². The molecule has 20 heavy (non-hydrogen) atoms. The Morgan fingerprint density at radius 3 is 2.70 bits per heavy atom. The molecule has 1 aromatic carbocycles. The van der Waals surface area contributed by atoms with Gasteiger partial charge in [-0.2, -0.15) is 4.39 Å². The van der Waals surface area contributed by atoms with Crippen LogP contribution in [0.5, 0.6) is 0 Å². The van der Waals surface area contributed by atoms with Gasteiger partial charge in [-0.05, 0) is 12.1 Å². The minimum atomic E-state index is -1.32. The summed E-state index contributed by atoms with van der Waals surface area (Å²) in [5, 5.41) is 21.5. The van der Waals surface area contributed by atoms with E-state index < -0.39 is 34.3 Å². The number of aliphatic carboxylic acids is 1. The van der Waals surface area contributed by atoms with Crippen molar-refractivity contribution in [1.82, 2.24) is 5.32 Å². The monoisotopic (exact) mass is 286 g/mol. The average molecular weight is 286 g/mol. The Kier molecular flexibility index (Phi) is 5.09. The number of carbonyl (C=O) groups excluding carboxylic acids is 1. The maximum Gasteiger partial charge on any atom is 0.328 e. The van der Waals surface area contributed by atoms with Gasteiger partial charge < -0.3 is 15.2 Å². The zero-order valence-corrected chi connectivity index (χ0v) is 10.3. The van der Waals surface area contributed by atoms with Crippen molar-refractivity contribution in [1.29, 1.82) is 0 Å². The van der Waals surface area contributed by atoms with Gasteiger partial charge in [0.05, 0.1) is 11.5 Å².